The zero-order valence-electron chi connectivity index (χ0n) is 28.5. The third-order valence-electron chi connectivity index (χ3n) is 10.5. The maximum absolute atomic E-state index is 2.48. The minimum Gasteiger partial charge on any atom is -0.310 e. The summed E-state index contributed by atoms with van der Waals surface area (Å²) in [6.07, 6.45) is 4.94. The fourth-order valence-electron chi connectivity index (χ4n) is 7.92. The number of hydrogen-bond acceptors (Lipinski definition) is 2. The van der Waals surface area contributed by atoms with Gasteiger partial charge in [-0.05, 0) is 106 Å². The topological polar surface area (TPSA) is 3.24 Å². The average Bonchev–Trinajstić information content (AvgIpc) is 3.67. The van der Waals surface area contributed by atoms with E-state index in [0.717, 1.165) is 11.4 Å². The smallest absolute Gasteiger partial charge is 0.0472 e. The Balaban J connectivity index is 1.12. The molecule has 51 heavy (non-hydrogen) atoms. The average molecular weight is 690 g/mol. The molecule has 0 fully saturated rings. The van der Waals surface area contributed by atoms with Crippen molar-refractivity contribution in [3.63, 3.8) is 0 Å². The van der Waals surface area contributed by atoms with E-state index >= 15 is 0 Å². The lowest BCUT2D eigenvalue weighted by atomic mass is 10.00. The maximum Gasteiger partial charge on any atom is 0.0472 e. The second-order valence-corrected chi connectivity index (χ2v) is 18.4. The first-order chi connectivity index (χ1) is 25.0. The van der Waals surface area contributed by atoms with Crippen LogP contribution in [0, 0.1) is 0 Å². The van der Waals surface area contributed by atoms with E-state index in [1.165, 1.54) is 79.8 Å². The number of benzene rings is 8. The minimum atomic E-state index is -1.25. The molecule has 1 aromatic heterocycles. The quantitative estimate of drug-likeness (QED) is 0.174. The lowest BCUT2D eigenvalue weighted by Gasteiger charge is -2.31. The fourth-order valence-corrected chi connectivity index (χ4v) is 11.8. The van der Waals surface area contributed by atoms with Gasteiger partial charge in [-0.3, -0.25) is 0 Å². The van der Waals surface area contributed by atoms with Gasteiger partial charge in [0.25, 0.3) is 0 Å². The van der Waals surface area contributed by atoms with E-state index in [-0.39, 0.29) is 0 Å². The molecule has 0 atom stereocenters. The number of thiophene rings is 1. The lowest BCUT2D eigenvalue weighted by molar-refractivity contribution is 1.26. The van der Waals surface area contributed by atoms with Gasteiger partial charge in [-0.15, -0.1) is 11.3 Å². The maximum atomic E-state index is 2.48. The summed E-state index contributed by atoms with van der Waals surface area (Å²) in [7, 11) is -1.25. The summed E-state index contributed by atoms with van der Waals surface area (Å²) in [4.78, 5) is 5.38. The van der Waals surface area contributed by atoms with Crippen molar-refractivity contribution in [1.82, 2.24) is 0 Å². The van der Waals surface area contributed by atoms with Crippen molar-refractivity contribution in [2.24, 2.45) is 0 Å². The Bertz CT molecular complexity index is 2780. The molecule has 1 aliphatic rings. The molecule has 0 bridgehead atoms. The second-order valence-electron chi connectivity index (χ2n) is 13.8. The van der Waals surface area contributed by atoms with Crippen LogP contribution in [-0.4, -0.2) is 12.5 Å². The van der Waals surface area contributed by atoms with E-state index in [9.17, 15) is 0 Å². The molecule has 0 radical (unpaired) electrons. The zero-order chi connectivity index (χ0) is 34.1. The summed E-state index contributed by atoms with van der Waals surface area (Å²) in [5.74, 6) is 0. The third kappa shape index (κ3) is 4.92. The van der Waals surface area contributed by atoms with Crippen molar-refractivity contribution in [3.8, 4) is 33.4 Å². The Morgan fingerprint density at radius 1 is 0.431 bits per heavy atom. The number of fused-ring (bicyclic) bond motifs is 8. The van der Waals surface area contributed by atoms with Crippen LogP contribution in [0.2, 0.25) is 0 Å². The molecule has 244 valence electrons. The molecule has 0 saturated heterocycles. The third-order valence-corrected chi connectivity index (χ3v) is 14.6. The van der Waals surface area contributed by atoms with Gasteiger partial charge in [0.15, 0.2) is 0 Å². The largest absolute Gasteiger partial charge is 0.310 e. The van der Waals surface area contributed by atoms with Gasteiger partial charge in [0.05, 0.1) is 0 Å². The molecule has 0 aliphatic carbocycles. The van der Waals surface area contributed by atoms with E-state index < -0.39 is 10.0 Å². The van der Waals surface area contributed by atoms with Gasteiger partial charge in [0, 0.05) is 52.6 Å². The molecule has 0 spiro atoms. The first kappa shape index (κ1) is 30.2. The van der Waals surface area contributed by atoms with Crippen LogP contribution in [0.4, 0.5) is 17.1 Å². The Morgan fingerprint density at radius 2 is 1.10 bits per heavy atom. The van der Waals surface area contributed by atoms with E-state index in [4.69, 9.17) is 0 Å². The first-order valence-electron chi connectivity index (χ1n) is 17.4. The van der Waals surface area contributed by atoms with Crippen molar-refractivity contribution < 1.29 is 0 Å². The van der Waals surface area contributed by atoms with Crippen LogP contribution < -0.4 is 4.90 Å². The molecule has 9 aromatic rings. The summed E-state index contributed by atoms with van der Waals surface area (Å²) in [5.41, 5.74) is 11.1. The van der Waals surface area contributed by atoms with Crippen molar-refractivity contribution in [1.29, 1.82) is 0 Å². The normalized spacial score (nSPS) is 13.7. The van der Waals surface area contributed by atoms with E-state index in [1.807, 2.05) is 11.3 Å². The van der Waals surface area contributed by atoms with Crippen LogP contribution in [0.25, 0.3) is 64.3 Å². The molecule has 1 aliphatic heterocycles. The van der Waals surface area contributed by atoms with Gasteiger partial charge < -0.3 is 4.90 Å². The highest BCUT2D eigenvalue weighted by molar-refractivity contribution is 8.33. The van der Waals surface area contributed by atoms with E-state index in [0.29, 0.717) is 0 Å². The summed E-state index contributed by atoms with van der Waals surface area (Å²) in [6.45, 7) is 0. The highest BCUT2D eigenvalue weighted by Gasteiger charge is 2.34. The molecule has 8 aromatic carbocycles. The molecule has 0 amide bonds. The zero-order valence-corrected chi connectivity index (χ0v) is 30.1. The fraction of sp³-hybridized carbons (Fsp3) is 0.0417. The first-order valence-corrected chi connectivity index (χ1v) is 20.7. The summed E-state index contributed by atoms with van der Waals surface area (Å²) >= 11 is 1.94. The van der Waals surface area contributed by atoms with Gasteiger partial charge in [-0.1, -0.05) is 121 Å². The Labute approximate surface area is 304 Å². The van der Waals surface area contributed by atoms with Crippen molar-refractivity contribution >= 4 is 69.4 Å². The van der Waals surface area contributed by atoms with Gasteiger partial charge in [0.1, 0.15) is 0 Å². The van der Waals surface area contributed by atoms with E-state index in [2.05, 4.69) is 193 Å². The van der Waals surface area contributed by atoms with E-state index in [1.54, 1.807) is 0 Å². The number of anilines is 3. The summed E-state index contributed by atoms with van der Waals surface area (Å²) in [6, 6.07) is 64.9. The van der Waals surface area contributed by atoms with Crippen LogP contribution in [0.3, 0.4) is 0 Å². The second kappa shape index (κ2) is 11.7. The minimum absolute atomic E-state index is 1.14. The Kier molecular flexibility index (Phi) is 6.96. The van der Waals surface area contributed by atoms with Crippen molar-refractivity contribution in [2.45, 2.75) is 9.79 Å². The molecule has 10 rings (SSSR count). The Morgan fingerprint density at radius 3 is 1.96 bits per heavy atom. The molecule has 3 heteroatoms. The standard InChI is InChI=1S/C48H35NS2/c1-51(2)45-28-27-42-41-17-8-9-18-44(41)50-48(42)47(45)43-26-25-40(31-46(43)51)49(39-16-10-15-36(30-39)32-11-4-3-5-12-32)38-23-21-34(22-24-38)37-20-19-33-13-6-7-14-35(33)29-37/h3-31H,1-2H3. The number of rotatable bonds is 5. The molecule has 0 saturated carbocycles. The van der Waals surface area contributed by atoms with Gasteiger partial charge in [0.2, 0.25) is 0 Å². The van der Waals surface area contributed by atoms with Gasteiger partial charge in [-0.25, -0.2) is 0 Å². The highest BCUT2D eigenvalue weighted by Crippen LogP contribution is 2.69. The van der Waals surface area contributed by atoms with Crippen molar-refractivity contribution in [2.75, 3.05) is 17.4 Å². The SMILES string of the molecule is CS1(C)c2cc(N(c3ccc(-c4ccc5ccccc5c4)cc3)c3cccc(-c4ccccc4)c3)ccc2-c2c1ccc1c2sc2ccccc21. The van der Waals surface area contributed by atoms with Crippen LogP contribution in [0.5, 0.6) is 0 Å². The molecule has 1 nitrogen and oxygen atoms in total. The number of hydrogen-bond donors (Lipinski definition) is 0. The van der Waals surface area contributed by atoms with Crippen LogP contribution in [-0.2, 0) is 0 Å². The van der Waals surface area contributed by atoms with Crippen LogP contribution in [0.15, 0.2) is 186 Å². The van der Waals surface area contributed by atoms with Crippen LogP contribution >= 0.6 is 21.4 Å². The predicted octanol–water partition coefficient (Wildman–Crippen LogP) is 14.5. The van der Waals surface area contributed by atoms with Crippen molar-refractivity contribution in [3.05, 3.63) is 176 Å². The number of nitrogens with zero attached hydrogens (tertiary/aromatic N) is 1. The Hall–Kier alpha value is -5.61. The lowest BCUT2D eigenvalue weighted by Crippen LogP contribution is -2.10. The highest BCUT2D eigenvalue weighted by atomic mass is 32.3. The van der Waals surface area contributed by atoms with Crippen LogP contribution in [0.1, 0.15) is 0 Å². The molecular formula is C48H35NS2. The molecule has 0 N–H and O–H groups in total. The molecular weight excluding hydrogens is 655 g/mol. The monoisotopic (exact) mass is 689 g/mol. The molecule has 0 unspecified atom stereocenters. The predicted molar refractivity (Wildman–Crippen MR) is 224 cm³/mol. The molecule has 2 heterocycles. The summed E-state index contributed by atoms with van der Waals surface area (Å²) in [5, 5.41) is 5.25. The summed E-state index contributed by atoms with van der Waals surface area (Å²) < 4.78 is 2.77. The van der Waals surface area contributed by atoms with Gasteiger partial charge in [-0.2, -0.15) is 10.0 Å². The van der Waals surface area contributed by atoms with Gasteiger partial charge >= 0.3 is 0 Å².